The number of hydrogen-bond donors (Lipinski definition) is 1. The Labute approximate surface area is 151 Å². The number of fused-ring (bicyclic) bond motifs is 1. The number of rotatable bonds is 5. The summed E-state index contributed by atoms with van der Waals surface area (Å²) in [5.41, 5.74) is 2.28. The maximum atomic E-state index is 5.19. The highest BCUT2D eigenvalue weighted by Crippen LogP contribution is 2.29. The van der Waals surface area contributed by atoms with Gasteiger partial charge in [-0.1, -0.05) is 41.7 Å². The van der Waals surface area contributed by atoms with Crippen molar-refractivity contribution in [3.63, 3.8) is 0 Å². The van der Waals surface area contributed by atoms with E-state index in [0.29, 0.717) is 18.0 Å². The van der Waals surface area contributed by atoms with Crippen LogP contribution in [0.15, 0.2) is 42.5 Å². The summed E-state index contributed by atoms with van der Waals surface area (Å²) in [5.74, 6) is 0.631. The van der Waals surface area contributed by atoms with Gasteiger partial charge < -0.3 is 10.1 Å². The molecule has 1 saturated heterocycles. The highest BCUT2D eigenvalue weighted by atomic mass is 32.1. The second-order valence-corrected chi connectivity index (χ2v) is 7.41. The Morgan fingerprint density at radius 2 is 2.04 bits per heavy atom. The van der Waals surface area contributed by atoms with Gasteiger partial charge >= 0.3 is 0 Å². The lowest BCUT2D eigenvalue weighted by Gasteiger charge is -2.25. The van der Waals surface area contributed by atoms with Gasteiger partial charge in [-0.3, -0.25) is 4.90 Å². The van der Waals surface area contributed by atoms with Crippen LogP contribution in [0.4, 0.5) is 5.13 Å². The first-order valence-electron chi connectivity index (χ1n) is 8.59. The van der Waals surface area contributed by atoms with Crippen LogP contribution in [0.1, 0.15) is 18.9 Å². The third-order valence-electron chi connectivity index (χ3n) is 4.86. The minimum absolute atomic E-state index is 0.408. The van der Waals surface area contributed by atoms with Crippen LogP contribution in [0.25, 0.3) is 10.3 Å². The number of anilines is 1. The maximum absolute atomic E-state index is 5.19. The highest BCUT2D eigenvalue weighted by molar-refractivity contribution is 7.21. The largest absolute Gasteiger partial charge is 0.481 e. The lowest BCUT2D eigenvalue weighted by Crippen LogP contribution is -2.35. The van der Waals surface area contributed by atoms with Gasteiger partial charge in [0.05, 0.1) is 7.11 Å². The molecule has 0 amide bonds. The van der Waals surface area contributed by atoms with E-state index in [9.17, 15) is 0 Å². The van der Waals surface area contributed by atoms with Gasteiger partial charge in [0.25, 0.3) is 0 Å². The van der Waals surface area contributed by atoms with Crippen molar-refractivity contribution in [2.75, 3.05) is 19.0 Å². The first-order chi connectivity index (χ1) is 12.2. The molecule has 1 N–H and O–H groups in total. The van der Waals surface area contributed by atoms with Crippen molar-refractivity contribution in [3.8, 4) is 5.88 Å². The van der Waals surface area contributed by atoms with Crippen LogP contribution in [0, 0.1) is 0 Å². The molecule has 3 aromatic rings. The van der Waals surface area contributed by atoms with Crippen molar-refractivity contribution >= 4 is 26.8 Å². The fraction of sp³-hybridized carbons (Fsp3) is 0.368. The number of hydrogen-bond acceptors (Lipinski definition) is 6. The summed E-state index contributed by atoms with van der Waals surface area (Å²) in [6, 6.07) is 15.4. The molecule has 6 heteroatoms. The van der Waals surface area contributed by atoms with E-state index < -0.39 is 0 Å². The van der Waals surface area contributed by atoms with Gasteiger partial charge in [0, 0.05) is 31.2 Å². The van der Waals surface area contributed by atoms with E-state index in [1.807, 2.05) is 12.1 Å². The van der Waals surface area contributed by atoms with Crippen LogP contribution in [0.2, 0.25) is 0 Å². The van der Waals surface area contributed by atoms with E-state index >= 15 is 0 Å². The van der Waals surface area contributed by atoms with Crippen LogP contribution < -0.4 is 10.1 Å². The second kappa shape index (κ2) is 6.98. The molecule has 0 radical (unpaired) electrons. The summed E-state index contributed by atoms with van der Waals surface area (Å²) in [6.45, 7) is 4.39. The van der Waals surface area contributed by atoms with Crippen molar-refractivity contribution in [1.82, 2.24) is 14.9 Å². The zero-order chi connectivity index (χ0) is 17.2. The van der Waals surface area contributed by atoms with Gasteiger partial charge in [0.1, 0.15) is 10.3 Å². The molecule has 0 saturated carbocycles. The Morgan fingerprint density at radius 1 is 1.20 bits per heavy atom. The molecule has 2 aromatic heterocycles. The summed E-state index contributed by atoms with van der Waals surface area (Å²) in [7, 11) is 1.63. The fourth-order valence-electron chi connectivity index (χ4n) is 3.37. The summed E-state index contributed by atoms with van der Waals surface area (Å²) in [4.78, 5) is 12.6. The summed E-state index contributed by atoms with van der Waals surface area (Å²) in [6.07, 6.45) is 1.13. The molecule has 0 spiro atoms. The molecule has 0 aliphatic carbocycles. The van der Waals surface area contributed by atoms with E-state index in [0.717, 1.165) is 35.0 Å². The normalized spacial score (nSPS) is 20.9. The number of nitrogens with zero attached hydrogens (tertiary/aromatic N) is 3. The first-order valence-corrected chi connectivity index (χ1v) is 9.40. The van der Waals surface area contributed by atoms with Crippen molar-refractivity contribution in [2.45, 2.75) is 32.0 Å². The van der Waals surface area contributed by atoms with Gasteiger partial charge in [-0.15, -0.1) is 0 Å². The number of nitrogens with one attached hydrogen (secondary N) is 1. The smallest absolute Gasteiger partial charge is 0.214 e. The minimum Gasteiger partial charge on any atom is -0.481 e. The van der Waals surface area contributed by atoms with Crippen LogP contribution in [0.5, 0.6) is 5.88 Å². The van der Waals surface area contributed by atoms with Gasteiger partial charge in [-0.2, -0.15) is 0 Å². The lowest BCUT2D eigenvalue weighted by atomic mass is 10.1. The summed E-state index contributed by atoms with van der Waals surface area (Å²) >= 11 is 1.59. The molecule has 1 fully saturated rings. The predicted octanol–water partition coefficient (Wildman–Crippen LogP) is 3.77. The van der Waals surface area contributed by atoms with Gasteiger partial charge in [0.15, 0.2) is 5.13 Å². The number of aromatic nitrogens is 2. The standard InChI is InChI=1S/C19H22N4OS/c1-13-15(10-11-23(13)12-14-6-4-3-5-7-14)20-19-21-16-8-9-17(24-2)22-18(16)25-19/h3-9,13,15H,10-12H2,1-2H3,(H,20,21). The average molecular weight is 354 g/mol. The highest BCUT2D eigenvalue weighted by Gasteiger charge is 2.31. The van der Waals surface area contributed by atoms with Crippen LogP contribution in [-0.2, 0) is 6.54 Å². The molecular formula is C19H22N4OS. The van der Waals surface area contributed by atoms with Crippen LogP contribution in [0.3, 0.4) is 0 Å². The van der Waals surface area contributed by atoms with Crippen LogP contribution in [-0.4, -0.2) is 40.6 Å². The van der Waals surface area contributed by atoms with E-state index in [2.05, 4.69) is 57.4 Å². The third-order valence-corrected chi connectivity index (χ3v) is 5.76. The van der Waals surface area contributed by atoms with Gasteiger partial charge in [0.2, 0.25) is 5.88 Å². The average Bonchev–Trinajstić information content (AvgIpc) is 3.19. The molecule has 130 valence electrons. The lowest BCUT2D eigenvalue weighted by molar-refractivity contribution is 0.255. The molecule has 1 aliphatic heterocycles. The van der Waals surface area contributed by atoms with Crippen molar-refractivity contribution < 1.29 is 4.74 Å². The Hall–Kier alpha value is -2.18. The minimum atomic E-state index is 0.408. The van der Waals surface area contributed by atoms with Crippen molar-refractivity contribution in [2.24, 2.45) is 0 Å². The monoisotopic (exact) mass is 354 g/mol. The summed E-state index contributed by atoms with van der Waals surface area (Å²) in [5, 5.41) is 4.56. The number of benzene rings is 1. The molecular weight excluding hydrogens is 332 g/mol. The number of methoxy groups -OCH3 is 1. The number of thiazole rings is 1. The molecule has 3 heterocycles. The molecule has 2 unspecified atom stereocenters. The van der Waals surface area contributed by atoms with Gasteiger partial charge in [-0.25, -0.2) is 9.97 Å². The van der Waals surface area contributed by atoms with Gasteiger partial charge in [-0.05, 0) is 25.0 Å². The predicted molar refractivity (Wildman–Crippen MR) is 102 cm³/mol. The zero-order valence-corrected chi connectivity index (χ0v) is 15.3. The third kappa shape index (κ3) is 3.45. The molecule has 0 bridgehead atoms. The fourth-order valence-corrected chi connectivity index (χ4v) is 4.26. The SMILES string of the molecule is COc1ccc2nc(NC3CCN(Cc4ccccc4)C3C)sc2n1. The van der Waals surface area contributed by atoms with E-state index in [4.69, 9.17) is 4.74 Å². The number of likely N-dealkylation sites (tertiary alicyclic amines) is 1. The maximum Gasteiger partial charge on any atom is 0.214 e. The molecule has 5 nitrogen and oxygen atoms in total. The molecule has 2 atom stereocenters. The second-order valence-electron chi connectivity index (χ2n) is 6.43. The number of ether oxygens (including phenoxy) is 1. The first kappa shape index (κ1) is 16.3. The topological polar surface area (TPSA) is 50.3 Å². The number of pyridine rings is 1. The van der Waals surface area contributed by atoms with E-state index in [1.54, 1.807) is 18.4 Å². The van der Waals surface area contributed by atoms with E-state index in [-0.39, 0.29) is 0 Å². The zero-order valence-electron chi connectivity index (χ0n) is 14.5. The summed E-state index contributed by atoms with van der Waals surface area (Å²) < 4.78 is 5.19. The molecule has 4 rings (SSSR count). The molecule has 25 heavy (non-hydrogen) atoms. The Bertz CT molecular complexity index is 851. The Kier molecular flexibility index (Phi) is 4.55. The Morgan fingerprint density at radius 3 is 2.84 bits per heavy atom. The van der Waals surface area contributed by atoms with Crippen molar-refractivity contribution in [3.05, 3.63) is 48.0 Å². The quantitative estimate of drug-likeness (QED) is 0.756. The molecule has 1 aliphatic rings. The van der Waals surface area contributed by atoms with Crippen molar-refractivity contribution in [1.29, 1.82) is 0 Å². The van der Waals surface area contributed by atoms with Crippen LogP contribution >= 0.6 is 11.3 Å². The molecule has 1 aromatic carbocycles. The Balaban J connectivity index is 1.44. The van der Waals surface area contributed by atoms with E-state index in [1.165, 1.54) is 5.56 Å².